The van der Waals surface area contributed by atoms with Crippen LogP contribution >= 0.6 is 24.0 Å². The predicted octanol–water partition coefficient (Wildman–Crippen LogP) is 4.95. The van der Waals surface area contributed by atoms with E-state index >= 15 is 0 Å². The fourth-order valence-electron chi connectivity index (χ4n) is 2.34. The van der Waals surface area contributed by atoms with Crippen molar-refractivity contribution in [1.82, 2.24) is 4.90 Å². The zero-order valence-electron chi connectivity index (χ0n) is 13.3. The highest BCUT2D eigenvalue weighted by Crippen LogP contribution is 2.32. The van der Waals surface area contributed by atoms with Crippen molar-refractivity contribution in [3.8, 4) is 0 Å². The van der Waals surface area contributed by atoms with Gasteiger partial charge in [0.05, 0.1) is 11.4 Å². The summed E-state index contributed by atoms with van der Waals surface area (Å²) in [5, 5.41) is 0. The largest absolute Gasteiger partial charge is 0.288 e. The third-order valence-electron chi connectivity index (χ3n) is 3.67. The second kappa shape index (κ2) is 7.60. The summed E-state index contributed by atoms with van der Waals surface area (Å²) in [6.45, 7) is 2.57. The Bertz CT molecular complexity index is 807. The summed E-state index contributed by atoms with van der Waals surface area (Å²) in [5.74, 6) is -0.0247. The van der Waals surface area contributed by atoms with E-state index in [0.29, 0.717) is 15.8 Å². The molecule has 24 heavy (non-hydrogen) atoms. The third kappa shape index (κ3) is 4.02. The van der Waals surface area contributed by atoms with Crippen LogP contribution in [0.3, 0.4) is 0 Å². The van der Waals surface area contributed by atoms with E-state index in [-0.39, 0.29) is 5.91 Å². The Hall–Kier alpha value is -2.17. The van der Waals surface area contributed by atoms with Gasteiger partial charge in [-0.05, 0) is 24.1 Å². The van der Waals surface area contributed by atoms with Crippen LogP contribution in [-0.4, -0.2) is 15.1 Å². The van der Waals surface area contributed by atoms with E-state index < -0.39 is 0 Å². The molecule has 0 atom stereocenters. The zero-order valence-corrected chi connectivity index (χ0v) is 14.9. The summed E-state index contributed by atoms with van der Waals surface area (Å²) in [6.07, 6.45) is 5.71. The van der Waals surface area contributed by atoms with Crippen LogP contribution in [0, 0.1) is 6.92 Å². The van der Waals surface area contributed by atoms with Gasteiger partial charge in [0.15, 0.2) is 0 Å². The molecule has 120 valence electrons. The van der Waals surface area contributed by atoms with Crippen molar-refractivity contribution in [1.29, 1.82) is 0 Å². The van der Waals surface area contributed by atoms with Gasteiger partial charge in [-0.3, -0.25) is 9.69 Å². The van der Waals surface area contributed by atoms with Gasteiger partial charge in [0.25, 0.3) is 5.91 Å². The summed E-state index contributed by atoms with van der Waals surface area (Å²) in [7, 11) is 0. The fourth-order valence-corrected chi connectivity index (χ4v) is 3.54. The average molecular weight is 351 g/mol. The van der Waals surface area contributed by atoms with Crippen molar-refractivity contribution in [3.63, 3.8) is 0 Å². The van der Waals surface area contributed by atoms with Crippen LogP contribution in [0.4, 0.5) is 0 Å². The first-order chi connectivity index (χ1) is 11.6. The van der Waals surface area contributed by atoms with Crippen molar-refractivity contribution in [3.05, 3.63) is 88.3 Å². The van der Waals surface area contributed by atoms with E-state index in [9.17, 15) is 4.79 Å². The topological polar surface area (TPSA) is 20.3 Å². The third-order valence-corrected chi connectivity index (χ3v) is 5.07. The summed E-state index contributed by atoms with van der Waals surface area (Å²) in [6, 6.07) is 18.2. The van der Waals surface area contributed by atoms with Crippen LogP contribution in [-0.2, 0) is 11.3 Å². The van der Waals surface area contributed by atoms with Crippen molar-refractivity contribution in [2.45, 2.75) is 13.5 Å². The number of amides is 1. The Morgan fingerprint density at radius 3 is 2.50 bits per heavy atom. The van der Waals surface area contributed by atoms with Crippen molar-refractivity contribution >= 4 is 40.3 Å². The number of carbonyl (C=O) groups excluding carboxylic acids is 1. The smallest absolute Gasteiger partial charge is 0.266 e. The highest BCUT2D eigenvalue weighted by molar-refractivity contribution is 8.26. The Balaban J connectivity index is 1.70. The molecule has 0 aliphatic carbocycles. The molecular formula is C20H17NOS2. The maximum absolute atomic E-state index is 12.5. The summed E-state index contributed by atoms with van der Waals surface area (Å²) < 4.78 is 0.611. The number of thioether (sulfide) groups is 1. The molecule has 1 saturated heterocycles. The maximum Gasteiger partial charge on any atom is 0.266 e. The summed E-state index contributed by atoms with van der Waals surface area (Å²) in [4.78, 5) is 14.9. The molecule has 1 aliphatic rings. The SMILES string of the molecule is Cc1ccc(CN2C(=O)/C(=C/C=C/c3ccccc3)SC2=S)cc1. The standard InChI is InChI=1S/C20H17NOS2/c1-15-10-12-17(13-11-15)14-21-19(22)18(24-20(21)23)9-5-8-16-6-3-2-4-7-16/h2-13H,14H2,1H3/b8-5+,18-9-. The molecular weight excluding hydrogens is 334 g/mol. The van der Waals surface area contributed by atoms with Gasteiger partial charge in [-0.1, -0.05) is 96.3 Å². The number of aryl methyl sites for hydroxylation is 1. The lowest BCUT2D eigenvalue weighted by molar-refractivity contribution is -0.122. The molecule has 2 nitrogen and oxygen atoms in total. The van der Waals surface area contributed by atoms with Crippen LogP contribution in [0.25, 0.3) is 6.08 Å². The Kier molecular flexibility index (Phi) is 5.28. The zero-order chi connectivity index (χ0) is 16.9. The molecule has 0 saturated carbocycles. The number of nitrogens with zero attached hydrogens (tertiary/aromatic N) is 1. The van der Waals surface area contributed by atoms with Crippen molar-refractivity contribution < 1.29 is 4.79 Å². The number of rotatable bonds is 4. The molecule has 2 aromatic carbocycles. The van der Waals surface area contributed by atoms with Gasteiger partial charge in [0.1, 0.15) is 4.32 Å². The molecule has 0 spiro atoms. The lowest BCUT2D eigenvalue weighted by Crippen LogP contribution is -2.27. The first-order valence-electron chi connectivity index (χ1n) is 7.66. The lowest BCUT2D eigenvalue weighted by Gasteiger charge is -2.14. The van der Waals surface area contributed by atoms with Gasteiger partial charge in [0.2, 0.25) is 0 Å². The first-order valence-corrected chi connectivity index (χ1v) is 8.88. The molecule has 0 N–H and O–H groups in total. The van der Waals surface area contributed by atoms with Gasteiger partial charge in [-0.15, -0.1) is 0 Å². The van der Waals surface area contributed by atoms with E-state index in [0.717, 1.165) is 11.1 Å². The molecule has 0 unspecified atom stereocenters. The van der Waals surface area contributed by atoms with Crippen molar-refractivity contribution in [2.75, 3.05) is 0 Å². The molecule has 1 fully saturated rings. The molecule has 0 radical (unpaired) electrons. The lowest BCUT2D eigenvalue weighted by atomic mass is 10.1. The normalized spacial score (nSPS) is 16.5. The van der Waals surface area contributed by atoms with Crippen LogP contribution < -0.4 is 0 Å². The quantitative estimate of drug-likeness (QED) is 0.574. The molecule has 4 heteroatoms. The first kappa shape index (κ1) is 16.7. The Morgan fingerprint density at radius 2 is 1.79 bits per heavy atom. The van der Waals surface area contributed by atoms with Crippen LogP contribution in [0.2, 0.25) is 0 Å². The van der Waals surface area contributed by atoms with Crippen molar-refractivity contribution in [2.24, 2.45) is 0 Å². The molecule has 2 aromatic rings. The summed E-state index contributed by atoms with van der Waals surface area (Å²) >= 11 is 6.72. The van der Waals surface area contributed by atoms with Crippen LogP contribution in [0.15, 0.2) is 71.7 Å². The second-order valence-electron chi connectivity index (χ2n) is 5.55. The number of benzene rings is 2. The fraction of sp³-hybridized carbons (Fsp3) is 0.100. The van der Waals surface area contributed by atoms with Gasteiger partial charge in [0, 0.05) is 0 Å². The summed E-state index contributed by atoms with van der Waals surface area (Å²) in [5.41, 5.74) is 3.39. The van der Waals surface area contributed by atoms with E-state index in [1.54, 1.807) is 4.90 Å². The predicted molar refractivity (Wildman–Crippen MR) is 105 cm³/mol. The molecule has 1 amide bonds. The monoisotopic (exact) mass is 351 g/mol. The Labute approximate surface area is 151 Å². The van der Waals surface area contributed by atoms with Gasteiger partial charge in [-0.2, -0.15) is 0 Å². The van der Waals surface area contributed by atoms with Gasteiger partial charge >= 0.3 is 0 Å². The number of hydrogen-bond acceptors (Lipinski definition) is 3. The molecule has 0 bridgehead atoms. The van der Waals surface area contributed by atoms with E-state index in [1.807, 2.05) is 79.7 Å². The minimum Gasteiger partial charge on any atom is -0.288 e. The van der Waals surface area contributed by atoms with Crippen LogP contribution in [0.1, 0.15) is 16.7 Å². The second-order valence-corrected chi connectivity index (χ2v) is 7.22. The van der Waals surface area contributed by atoms with Gasteiger partial charge < -0.3 is 0 Å². The van der Waals surface area contributed by atoms with Crippen LogP contribution in [0.5, 0.6) is 0 Å². The minimum atomic E-state index is -0.0247. The highest BCUT2D eigenvalue weighted by Gasteiger charge is 2.31. The molecule has 0 aromatic heterocycles. The highest BCUT2D eigenvalue weighted by atomic mass is 32.2. The number of hydrogen-bond donors (Lipinski definition) is 0. The van der Waals surface area contributed by atoms with E-state index in [4.69, 9.17) is 12.2 Å². The maximum atomic E-state index is 12.5. The minimum absolute atomic E-state index is 0.0247. The molecule has 3 rings (SSSR count). The number of carbonyl (C=O) groups is 1. The average Bonchev–Trinajstić information content (AvgIpc) is 2.85. The van der Waals surface area contributed by atoms with E-state index in [1.165, 1.54) is 17.3 Å². The molecule has 1 heterocycles. The number of allylic oxidation sites excluding steroid dienone is 2. The van der Waals surface area contributed by atoms with Gasteiger partial charge in [-0.25, -0.2) is 0 Å². The Morgan fingerprint density at radius 1 is 1.08 bits per heavy atom. The number of thiocarbonyl (C=S) groups is 1. The van der Waals surface area contributed by atoms with E-state index in [2.05, 4.69) is 0 Å². The molecule has 1 aliphatic heterocycles.